The van der Waals surface area contributed by atoms with Crippen LogP contribution >= 0.6 is 0 Å². The predicted molar refractivity (Wildman–Crippen MR) is 53.1 cm³/mol. The van der Waals surface area contributed by atoms with Gasteiger partial charge in [0.2, 0.25) is 0 Å². The Labute approximate surface area is 84.1 Å². The molecule has 0 bridgehead atoms. The molecule has 0 saturated carbocycles. The first kappa shape index (κ1) is 12.7. The average Bonchev–Trinajstić information content (AvgIpc) is 2.11. The number of carboxylic acids is 1. The van der Waals surface area contributed by atoms with Crippen LogP contribution in [0.25, 0.3) is 0 Å². The Balaban J connectivity index is 4.38. The van der Waals surface area contributed by atoms with Gasteiger partial charge in [-0.3, -0.25) is 0 Å². The van der Waals surface area contributed by atoms with E-state index in [1.54, 1.807) is 21.0 Å². The quantitative estimate of drug-likeness (QED) is 0.707. The molecule has 0 heterocycles. The van der Waals surface area contributed by atoms with Gasteiger partial charge >= 0.3 is 12.0 Å². The summed E-state index contributed by atoms with van der Waals surface area (Å²) < 4.78 is 0. The topological polar surface area (TPSA) is 69.6 Å². The van der Waals surface area contributed by atoms with Crippen molar-refractivity contribution >= 4 is 12.0 Å². The second kappa shape index (κ2) is 5.47. The van der Waals surface area contributed by atoms with Crippen molar-refractivity contribution in [3.63, 3.8) is 0 Å². The lowest BCUT2D eigenvalue weighted by atomic mass is 9.99. The van der Waals surface area contributed by atoms with Crippen molar-refractivity contribution in [1.82, 2.24) is 10.2 Å². The van der Waals surface area contributed by atoms with Gasteiger partial charge in [0.15, 0.2) is 0 Å². The van der Waals surface area contributed by atoms with E-state index in [1.165, 1.54) is 4.90 Å². The molecule has 0 fully saturated rings. The van der Waals surface area contributed by atoms with Gasteiger partial charge in [0.1, 0.15) is 6.04 Å². The van der Waals surface area contributed by atoms with Crippen molar-refractivity contribution in [2.75, 3.05) is 14.1 Å². The molecule has 0 rings (SSSR count). The fourth-order valence-corrected chi connectivity index (χ4v) is 0.945. The number of carbonyl (C=O) groups excluding carboxylic acids is 1. The lowest BCUT2D eigenvalue weighted by Crippen LogP contribution is -2.48. The van der Waals surface area contributed by atoms with E-state index in [0.29, 0.717) is 6.42 Å². The Morgan fingerprint density at radius 3 is 2.21 bits per heavy atom. The molecule has 0 unspecified atom stereocenters. The van der Waals surface area contributed by atoms with Crippen LogP contribution < -0.4 is 5.32 Å². The van der Waals surface area contributed by atoms with Crippen LogP contribution in [0.5, 0.6) is 0 Å². The number of carboxylic acid groups (broad SMARTS) is 1. The van der Waals surface area contributed by atoms with Crippen LogP contribution in [0.1, 0.15) is 20.3 Å². The van der Waals surface area contributed by atoms with E-state index in [-0.39, 0.29) is 11.9 Å². The molecular weight excluding hydrogens is 184 g/mol. The molecule has 0 aromatic rings. The highest BCUT2D eigenvalue weighted by Crippen LogP contribution is 2.07. The molecule has 82 valence electrons. The van der Waals surface area contributed by atoms with Crippen LogP contribution in [0.2, 0.25) is 0 Å². The minimum atomic E-state index is -0.991. The number of rotatable bonds is 4. The molecule has 0 aromatic heterocycles. The Morgan fingerprint density at radius 1 is 1.43 bits per heavy atom. The number of nitrogens with one attached hydrogen (secondary N) is 1. The van der Waals surface area contributed by atoms with Crippen LogP contribution in [-0.2, 0) is 4.79 Å². The Hall–Kier alpha value is -1.26. The van der Waals surface area contributed by atoms with Gasteiger partial charge < -0.3 is 15.3 Å². The maximum atomic E-state index is 11.2. The predicted octanol–water partition coefficient (Wildman–Crippen LogP) is 0.757. The number of aliphatic carboxylic acids is 1. The van der Waals surface area contributed by atoms with Crippen molar-refractivity contribution in [2.45, 2.75) is 26.3 Å². The summed E-state index contributed by atoms with van der Waals surface area (Å²) in [6.07, 6.45) is 0.713. The Bertz CT molecular complexity index is 216. The van der Waals surface area contributed by atoms with Crippen LogP contribution in [0.4, 0.5) is 4.79 Å². The highest BCUT2D eigenvalue weighted by atomic mass is 16.4. The van der Waals surface area contributed by atoms with Crippen molar-refractivity contribution < 1.29 is 14.7 Å². The zero-order chi connectivity index (χ0) is 11.3. The van der Waals surface area contributed by atoms with E-state index >= 15 is 0 Å². The first-order chi connectivity index (χ1) is 6.40. The van der Waals surface area contributed by atoms with Gasteiger partial charge in [0, 0.05) is 14.1 Å². The maximum absolute atomic E-state index is 11.2. The largest absolute Gasteiger partial charge is 0.480 e. The van der Waals surface area contributed by atoms with E-state index in [9.17, 15) is 9.59 Å². The number of amides is 2. The fourth-order valence-electron chi connectivity index (χ4n) is 0.945. The van der Waals surface area contributed by atoms with Crippen molar-refractivity contribution in [3.8, 4) is 0 Å². The summed E-state index contributed by atoms with van der Waals surface area (Å²) in [7, 11) is 3.15. The molecule has 0 aliphatic rings. The van der Waals surface area contributed by atoms with Gasteiger partial charge in [-0.2, -0.15) is 0 Å². The summed E-state index contributed by atoms with van der Waals surface area (Å²) in [5.74, 6) is -1.06. The lowest BCUT2D eigenvalue weighted by Gasteiger charge is -2.22. The zero-order valence-electron chi connectivity index (χ0n) is 9.07. The minimum Gasteiger partial charge on any atom is -0.480 e. The van der Waals surface area contributed by atoms with E-state index in [2.05, 4.69) is 5.32 Å². The molecule has 2 N–H and O–H groups in total. The molecule has 2 atom stereocenters. The molecule has 14 heavy (non-hydrogen) atoms. The molecule has 0 aliphatic heterocycles. The number of nitrogens with zero attached hydrogens (tertiary/aromatic N) is 1. The summed E-state index contributed by atoms with van der Waals surface area (Å²) >= 11 is 0. The van der Waals surface area contributed by atoms with Crippen LogP contribution in [0.15, 0.2) is 0 Å². The number of carbonyl (C=O) groups is 2. The third kappa shape index (κ3) is 3.64. The average molecular weight is 202 g/mol. The first-order valence-corrected chi connectivity index (χ1v) is 4.60. The summed E-state index contributed by atoms with van der Waals surface area (Å²) in [5, 5.41) is 11.3. The lowest BCUT2D eigenvalue weighted by molar-refractivity contribution is -0.140. The van der Waals surface area contributed by atoms with Gasteiger partial charge in [0.25, 0.3) is 0 Å². The summed E-state index contributed by atoms with van der Waals surface area (Å²) in [4.78, 5) is 23.4. The smallest absolute Gasteiger partial charge is 0.326 e. The summed E-state index contributed by atoms with van der Waals surface area (Å²) in [6, 6.07) is -1.19. The Kier molecular flexibility index (Phi) is 4.97. The molecule has 0 spiro atoms. The zero-order valence-corrected chi connectivity index (χ0v) is 9.07. The molecule has 5 nitrogen and oxygen atoms in total. The molecule has 0 saturated heterocycles. The molecule has 0 aromatic carbocycles. The molecule has 2 amide bonds. The number of hydrogen-bond donors (Lipinski definition) is 2. The highest BCUT2D eigenvalue weighted by Gasteiger charge is 2.25. The van der Waals surface area contributed by atoms with Crippen molar-refractivity contribution in [1.29, 1.82) is 0 Å². The summed E-state index contributed by atoms with van der Waals surface area (Å²) in [5.41, 5.74) is 0. The third-order valence-electron chi connectivity index (χ3n) is 2.16. The van der Waals surface area contributed by atoms with E-state index in [0.717, 1.165) is 0 Å². The minimum absolute atomic E-state index is 0.0728. The first-order valence-electron chi connectivity index (χ1n) is 4.60. The second-order valence-corrected chi connectivity index (χ2v) is 3.55. The van der Waals surface area contributed by atoms with Crippen molar-refractivity contribution in [2.24, 2.45) is 5.92 Å². The second-order valence-electron chi connectivity index (χ2n) is 3.55. The van der Waals surface area contributed by atoms with Gasteiger partial charge in [-0.1, -0.05) is 20.3 Å². The van der Waals surface area contributed by atoms with Crippen molar-refractivity contribution in [3.05, 3.63) is 0 Å². The molecular formula is C9H18N2O3. The van der Waals surface area contributed by atoms with Gasteiger partial charge in [-0.25, -0.2) is 9.59 Å². The highest BCUT2D eigenvalue weighted by molar-refractivity contribution is 5.82. The maximum Gasteiger partial charge on any atom is 0.326 e. The summed E-state index contributed by atoms with van der Waals surface area (Å²) in [6.45, 7) is 3.69. The van der Waals surface area contributed by atoms with Gasteiger partial charge in [-0.05, 0) is 5.92 Å². The van der Waals surface area contributed by atoms with Gasteiger partial charge in [-0.15, -0.1) is 0 Å². The number of urea groups is 1. The van der Waals surface area contributed by atoms with E-state index < -0.39 is 12.0 Å². The monoisotopic (exact) mass is 202 g/mol. The fraction of sp³-hybridized carbons (Fsp3) is 0.778. The van der Waals surface area contributed by atoms with Crippen LogP contribution in [0, 0.1) is 5.92 Å². The molecule has 0 radical (unpaired) electrons. The van der Waals surface area contributed by atoms with E-state index in [4.69, 9.17) is 5.11 Å². The van der Waals surface area contributed by atoms with Gasteiger partial charge in [0.05, 0.1) is 0 Å². The van der Waals surface area contributed by atoms with Crippen LogP contribution in [-0.4, -0.2) is 42.1 Å². The standard InChI is InChI=1S/C9H18N2O3/c1-5-6(2)7(8(12)13)10-9(14)11(3)4/h6-7H,5H2,1-4H3,(H,10,14)(H,12,13)/t6-,7-/m0/s1. The number of hydrogen-bond acceptors (Lipinski definition) is 2. The normalized spacial score (nSPS) is 14.3. The van der Waals surface area contributed by atoms with Crippen LogP contribution in [0.3, 0.4) is 0 Å². The molecule has 0 aliphatic carbocycles. The van der Waals surface area contributed by atoms with E-state index in [1.807, 2.05) is 6.92 Å². The Morgan fingerprint density at radius 2 is 1.93 bits per heavy atom. The SMILES string of the molecule is CC[C@H](C)[C@H](NC(=O)N(C)C)C(=O)O. The third-order valence-corrected chi connectivity index (χ3v) is 2.16. The molecule has 5 heteroatoms.